The highest BCUT2D eigenvalue weighted by Crippen LogP contribution is 2.21. The molecule has 2 nitrogen and oxygen atoms in total. The number of carbonyl (C=O) groups excluding carboxylic acids is 1. The first-order valence-electron chi connectivity index (χ1n) is 5.51. The van der Waals surface area contributed by atoms with Gasteiger partial charge in [0.05, 0.1) is 0 Å². The number of aldehydes is 1. The van der Waals surface area contributed by atoms with E-state index < -0.39 is 0 Å². The molecule has 82 valence electrons. The highest BCUT2D eigenvalue weighted by Gasteiger charge is 2.12. The molecule has 0 N–H and O–H groups in total. The van der Waals surface area contributed by atoms with E-state index in [0.29, 0.717) is 6.04 Å². The molecule has 0 radical (unpaired) electrons. The summed E-state index contributed by atoms with van der Waals surface area (Å²) in [5.41, 5.74) is 1.82. The van der Waals surface area contributed by atoms with Crippen LogP contribution < -0.4 is 4.90 Å². The summed E-state index contributed by atoms with van der Waals surface area (Å²) < 4.78 is 0. The average molecular weight is 205 g/mol. The topological polar surface area (TPSA) is 20.3 Å². The molecule has 15 heavy (non-hydrogen) atoms. The van der Waals surface area contributed by atoms with Gasteiger partial charge in [-0.25, -0.2) is 0 Å². The van der Waals surface area contributed by atoms with Crippen molar-refractivity contribution < 1.29 is 4.79 Å². The van der Waals surface area contributed by atoms with Crippen LogP contribution in [0.2, 0.25) is 0 Å². The number of hydrogen-bond donors (Lipinski definition) is 0. The molecule has 0 fully saturated rings. The molecule has 1 rings (SSSR count). The van der Waals surface area contributed by atoms with Gasteiger partial charge in [-0.2, -0.15) is 0 Å². The van der Waals surface area contributed by atoms with Crippen molar-refractivity contribution in [3.63, 3.8) is 0 Å². The van der Waals surface area contributed by atoms with Crippen LogP contribution in [0.1, 0.15) is 37.6 Å². The van der Waals surface area contributed by atoms with Crippen LogP contribution >= 0.6 is 0 Å². The van der Waals surface area contributed by atoms with Crippen LogP contribution in [0.3, 0.4) is 0 Å². The first-order valence-corrected chi connectivity index (χ1v) is 5.51. The smallest absolute Gasteiger partial charge is 0.152 e. The fourth-order valence-corrected chi connectivity index (χ4v) is 1.75. The average Bonchev–Trinajstić information content (AvgIpc) is 2.25. The van der Waals surface area contributed by atoms with E-state index in [0.717, 1.165) is 30.5 Å². The van der Waals surface area contributed by atoms with E-state index in [1.807, 2.05) is 24.3 Å². The minimum atomic E-state index is 0.422. The highest BCUT2D eigenvalue weighted by atomic mass is 16.1. The number of carbonyl (C=O) groups is 1. The summed E-state index contributed by atoms with van der Waals surface area (Å²) in [6.07, 6.45) is 2.02. The summed E-state index contributed by atoms with van der Waals surface area (Å²) in [7, 11) is 0. The molecule has 0 unspecified atom stereocenters. The highest BCUT2D eigenvalue weighted by molar-refractivity contribution is 5.84. The lowest BCUT2D eigenvalue weighted by atomic mass is 10.1. The van der Waals surface area contributed by atoms with Crippen LogP contribution in [0, 0.1) is 0 Å². The molecule has 0 atom stereocenters. The molecule has 1 aromatic carbocycles. The third kappa shape index (κ3) is 2.82. The zero-order chi connectivity index (χ0) is 11.3. The maximum absolute atomic E-state index is 10.9. The Kier molecular flexibility index (Phi) is 4.35. The number of rotatable bonds is 5. The first kappa shape index (κ1) is 11.8. The van der Waals surface area contributed by atoms with E-state index in [-0.39, 0.29) is 0 Å². The molecule has 0 aromatic heterocycles. The minimum absolute atomic E-state index is 0.422. The van der Waals surface area contributed by atoms with Gasteiger partial charge in [-0.3, -0.25) is 4.79 Å². The summed E-state index contributed by atoms with van der Waals surface area (Å²) in [6.45, 7) is 7.44. The number of para-hydroxylation sites is 1. The molecule has 0 aliphatic rings. The van der Waals surface area contributed by atoms with Crippen LogP contribution in [0.4, 0.5) is 5.69 Å². The van der Waals surface area contributed by atoms with E-state index in [1.165, 1.54) is 0 Å². The van der Waals surface area contributed by atoms with Gasteiger partial charge in [-0.15, -0.1) is 0 Å². The zero-order valence-corrected chi connectivity index (χ0v) is 9.73. The summed E-state index contributed by atoms with van der Waals surface area (Å²) in [5, 5.41) is 0. The summed E-state index contributed by atoms with van der Waals surface area (Å²) in [4.78, 5) is 13.2. The second-order valence-corrected chi connectivity index (χ2v) is 3.96. The molecular weight excluding hydrogens is 186 g/mol. The van der Waals surface area contributed by atoms with E-state index in [9.17, 15) is 4.79 Å². The Hall–Kier alpha value is -1.31. The molecule has 1 aromatic rings. The van der Waals surface area contributed by atoms with Gasteiger partial charge in [-0.05, 0) is 32.4 Å². The standard InChI is InChI=1S/C13H19NO/c1-4-9-14(11(2)3)13-8-6-5-7-12(13)10-15/h5-8,10-11H,4,9H2,1-3H3. The van der Waals surface area contributed by atoms with Crippen LogP contribution in [0.15, 0.2) is 24.3 Å². The Morgan fingerprint density at radius 1 is 1.33 bits per heavy atom. The van der Waals surface area contributed by atoms with Crippen LogP contribution in [0.5, 0.6) is 0 Å². The van der Waals surface area contributed by atoms with Crippen LogP contribution in [0.25, 0.3) is 0 Å². The summed E-state index contributed by atoms with van der Waals surface area (Å²) >= 11 is 0. The lowest BCUT2D eigenvalue weighted by Gasteiger charge is -2.29. The SMILES string of the molecule is CCCN(c1ccccc1C=O)C(C)C. The predicted octanol–water partition coefficient (Wildman–Crippen LogP) is 3.12. The Morgan fingerprint density at radius 3 is 2.53 bits per heavy atom. The Morgan fingerprint density at radius 2 is 2.00 bits per heavy atom. The molecule has 0 bridgehead atoms. The fourth-order valence-electron chi connectivity index (χ4n) is 1.75. The first-order chi connectivity index (χ1) is 7.20. The molecule has 0 spiro atoms. The van der Waals surface area contributed by atoms with Crippen molar-refractivity contribution in [1.29, 1.82) is 0 Å². The molecule has 0 aliphatic heterocycles. The van der Waals surface area contributed by atoms with Gasteiger partial charge >= 0.3 is 0 Å². The maximum Gasteiger partial charge on any atom is 0.152 e. The molecule has 0 heterocycles. The van der Waals surface area contributed by atoms with Crippen LogP contribution in [-0.2, 0) is 0 Å². The quantitative estimate of drug-likeness (QED) is 0.688. The second-order valence-electron chi connectivity index (χ2n) is 3.96. The van der Waals surface area contributed by atoms with Gasteiger partial charge in [0.25, 0.3) is 0 Å². The Balaban J connectivity index is 3.04. The van der Waals surface area contributed by atoms with E-state index in [2.05, 4.69) is 25.7 Å². The molecule has 0 saturated carbocycles. The summed E-state index contributed by atoms with van der Waals surface area (Å²) in [6, 6.07) is 8.18. The van der Waals surface area contributed by atoms with Crippen molar-refractivity contribution in [1.82, 2.24) is 0 Å². The number of nitrogens with zero attached hydrogens (tertiary/aromatic N) is 1. The van der Waals surface area contributed by atoms with E-state index >= 15 is 0 Å². The summed E-state index contributed by atoms with van der Waals surface area (Å²) in [5.74, 6) is 0. The largest absolute Gasteiger partial charge is 0.369 e. The van der Waals surface area contributed by atoms with Gasteiger partial charge in [0.1, 0.15) is 0 Å². The number of benzene rings is 1. The normalized spacial score (nSPS) is 10.4. The van der Waals surface area contributed by atoms with Crippen molar-refractivity contribution in [3.8, 4) is 0 Å². The second kappa shape index (κ2) is 5.54. The molecular formula is C13H19NO. The van der Waals surface area contributed by atoms with E-state index in [1.54, 1.807) is 0 Å². The van der Waals surface area contributed by atoms with Gasteiger partial charge in [0, 0.05) is 23.8 Å². The molecule has 2 heteroatoms. The van der Waals surface area contributed by atoms with Crippen molar-refractivity contribution >= 4 is 12.0 Å². The number of anilines is 1. The Bertz CT molecular complexity index is 320. The van der Waals surface area contributed by atoms with E-state index in [4.69, 9.17) is 0 Å². The minimum Gasteiger partial charge on any atom is -0.369 e. The predicted molar refractivity (Wildman–Crippen MR) is 64.6 cm³/mol. The Labute approximate surface area is 91.9 Å². The van der Waals surface area contributed by atoms with Crippen molar-refractivity contribution in [2.24, 2.45) is 0 Å². The lowest BCUT2D eigenvalue weighted by Crippen LogP contribution is -2.32. The lowest BCUT2D eigenvalue weighted by molar-refractivity contribution is 0.112. The number of hydrogen-bond acceptors (Lipinski definition) is 2. The van der Waals surface area contributed by atoms with Gasteiger partial charge in [0.15, 0.2) is 6.29 Å². The van der Waals surface area contributed by atoms with Gasteiger partial charge in [0.2, 0.25) is 0 Å². The van der Waals surface area contributed by atoms with Crippen molar-refractivity contribution in [3.05, 3.63) is 29.8 Å². The third-order valence-electron chi connectivity index (χ3n) is 2.46. The monoisotopic (exact) mass is 205 g/mol. The van der Waals surface area contributed by atoms with Crippen molar-refractivity contribution in [2.45, 2.75) is 33.2 Å². The molecule has 0 amide bonds. The van der Waals surface area contributed by atoms with Gasteiger partial charge < -0.3 is 4.90 Å². The zero-order valence-electron chi connectivity index (χ0n) is 9.73. The van der Waals surface area contributed by atoms with Crippen molar-refractivity contribution in [2.75, 3.05) is 11.4 Å². The molecule has 0 saturated heterocycles. The fraction of sp³-hybridized carbons (Fsp3) is 0.462. The molecule has 0 aliphatic carbocycles. The maximum atomic E-state index is 10.9. The van der Waals surface area contributed by atoms with Gasteiger partial charge in [-0.1, -0.05) is 19.1 Å². The van der Waals surface area contributed by atoms with Crippen LogP contribution in [-0.4, -0.2) is 18.9 Å². The third-order valence-corrected chi connectivity index (χ3v) is 2.46.